The maximum absolute atomic E-state index is 12.8. The van der Waals surface area contributed by atoms with Gasteiger partial charge in [0.2, 0.25) is 0 Å². The minimum absolute atomic E-state index is 0.0985. The minimum Gasteiger partial charge on any atom is -0.462 e. The van der Waals surface area contributed by atoms with E-state index in [-0.39, 0.29) is 23.4 Å². The summed E-state index contributed by atoms with van der Waals surface area (Å²) in [5.74, 6) is -1.05. The molecule has 0 radical (unpaired) electrons. The van der Waals surface area contributed by atoms with Crippen LogP contribution in [-0.2, 0) is 11.8 Å². The predicted molar refractivity (Wildman–Crippen MR) is 97.3 cm³/mol. The molecule has 0 aliphatic carbocycles. The van der Waals surface area contributed by atoms with E-state index in [1.54, 1.807) is 55.5 Å². The molecule has 3 rings (SSSR count). The Morgan fingerprint density at radius 1 is 1.08 bits per heavy atom. The number of aromatic nitrogens is 2. The Labute approximate surface area is 149 Å². The summed E-state index contributed by atoms with van der Waals surface area (Å²) < 4.78 is 6.13. The molecule has 1 heterocycles. The smallest absolute Gasteiger partial charge is 0.340 e. The fourth-order valence-corrected chi connectivity index (χ4v) is 2.63. The zero-order valence-electron chi connectivity index (χ0n) is 14.4. The monoisotopic (exact) mass is 351 g/mol. The van der Waals surface area contributed by atoms with Gasteiger partial charge in [0.05, 0.1) is 23.2 Å². The van der Waals surface area contributed by atoms with Crippen LogP contribution >= 0.6 is 0 Å². The highest BCUT2D eigenvalue weighted by atomic mass is 16.5. The van der Waals surface area contributed by atoms with E-state index in [1.807, 2.05) is 0 Å². The van der Waals surface area contributed by atoms with Gasteiger partial charge in [-0.2, -0.15) is 5.10 Å². The average Bonchev–Trinajstić information content (AvgIpc) is 2.65. The highest BCUT2D eigenvalue weighted by Crippen LogP contribution is 2.19. The van der Waals surface area contributed by atoms with Crippen LogP contribution in [0.15, 0.2) is 53.3 Å². The van der Waals surface area contributed by atoms with E-state index < -0.39 is 11.9 Å². The van der Waals surface area contributed by atoms with Crippen molar-refractivity contribution in [3.05, 3.63) is 70.1 Å². The van der Waals surface area contributed by atoms with E-state index in [0.29, 0.717) is 16.5 Å². The van der Waals surface area contributed by atoms with Crippen LogP contribution in [0, 0.1) is 0 Å². The lowest BCUT2D eigenvalue weighted by atomic mass is 10.1. The molecule has 0 saturated carbocycles. The highest BCUT2D eigenvalue weighted by Gasteiger charge is 2.19. The first kappa shape index (κ1) is 17.3. The molecular weight excluding hydrogens is 334 g/mol. The van der Waals surface area contributed by atoms with E-state index >= 15 is 0 Å². The first-order valence-electron chi connectivity index (χ1n) is 8.06. The van der Waals surface area contributed by atoms with Crippen molar-refractivity contribution in [1.29, 1.82) is 0 Å². The molecule has 7 nitrogen and oxygen atoms in total. The molecule has 3 aromatic rings. The Balaban J connectivity index is 2.03. The molecule has 1 amide bonds. The zero-order valence-corrected chi connectivity index (χ0v) is 14.4. The molecular formula is C19H17N3O4. The van der Waals surface area contributed by atoms with Crippen molar-refractivity contribution in [3.63, 3.8) is 0 Å². The van der Waals surface area contributed by atoms with Crippen molar-refractivity contribution in [2.75, 3.05) is 11.9 Å². The molecule has 0 aliphatic rings. The zero-order chi connectivity index (χ0) is 18.7. The molecule has 0 fully saturated rings. The molecule has 0 spiro atoms. The number of nitrogens with one attached hydrogen (secondary N) is 1. The number of rotatable bonds is 4. The van der Waals surface area contributed by atoms with Crippen LogP contribution in [0.3, 0.4) is 0 Å². The number of benzene rings is 2. The van der Waals surface area contributed by atoms with Gasteiger partial charge in [-0.25, -0.2) is 9.48 Å². The number of fused-ring (bicyclic) bond motifs is 1. The van der Waals surface area contributed by atoms with Crippen LogP contribution in [-0.4, -0.2) is 28.3 Å². The van der Waals surface area contributed by atoms with Gasteiger partial charge in [-0.3, -0.25) is 9.59 Å². The Morgan fingerprint density at radius 2 is 1.73 bits per heavy atom. The largest absolute Gasteiger partial charge is 0.462 e. The quantitative estimate of drug-likeness (QED) is 0.729. The van der Waals surface area contributed by atoms with Crippen molar-refractivity contribution in [1.82, 2.24) is 9.78 Å². The van der Waals surface area contributed by atoms with Gasteiger partial charge in [-0.1, -0.05) is 30.3 Å². The van der Waals surface area contributed by atoms with Crippen LogP contribution in [0.2, 0.25) is 0 Å². The molecule has 26 heavy (non-hydrogen) atoms. The lowest BCUT2D eigenvalue weighted by Crippen LogP contribution is -2.25. The lowest BCUT2D eigenvalue weighted by molar-refractivity contribution is 0.0527. The van der Waals surface area contributed by atoms with Crippen LogP contribution in [0.4, 0.5) is 5.69 Å². The topological polar surface area (TPSA) is 90.3 Å². The third kappa shape index (κ3) is 3.19. The second kappa shape index (κ2) is 7.18. The van der Waals surface area contributed by atoms with Gasteiger partial charge < -0.3 is 10.1 Å². The Morgan fingerprint density at radius 3 is 2.46 bits per heavy atom. The van der Waals surface area contributed by atoms with Crippen LogP contribution in [0.5, 0.6) is 0 Å². The number of carbonyl (C=O) groups excluding carboxylic acids is 2. The molecule has 0 bridgehead atoms. The normalized spacial score (nSPS) is 10.5. The summed E-state index contributed by atoms with van der Waals surface area (Å²) in [7, 11) is 1.48. The Kier molecular flexibility index (Phi) is 4.79. The lowest BCUT2D eigenvalue weighted by Gasteiger charge is -2.11. The second-order valence-corrected chi connectivity index (χ2v) is 5.54. The van der Waals surface area contributed by atoms with Gasteiger partial charge in [0, 0.05) is 12.4 Å². The number of hydrogen-bond donors (Lipinski definition) is 1. The number of para-hydroxylation sites is 1. The van der Waals surface area contributed by atoms with Crippen molar-refractivity contribution in [2.45, 2.75) is 6.92 Å². The summed E-state index contributed by atoms with van der Waals surface area (Å²) in [4.78, 5) is 37.0. The van der Waals surface area contributed by atoms with Crippen LogP contribution in [0.1, 0.15) is 27.8 Å². The summed E-state index contributed by atoms with van der Waals surface area (Å²) in [5, 5.41) is 7.61. The molecule has 1 N–H and O–H groups in total. The van der Waals surface area contributed by atoms with Gasteiger partial charge >= 0.3 is 5.97 Å². The van der Waals surface area contributed by atoms with Gasteiger partial charge in [0.15, 0.2) is 5.69 Å². The first-order valence-corrected chi connectivity index (χ1v) is 8.06. The van der Waals surface area contributed by atoms with Gasteiger partial charge in [-0.05, 0) is 25.1 Å². The maximum Gasteiger partial charge on any atom is 0.340 e. The van der Waals surface area contributed by atoms with Crippen LogP contribution < -0.4 is 10.9 Å². The van der Waals surface area contributed by atoms with Crippen molar-refractivity contribution < 1.29 is 14.3 Å². The number of carbonyl (C=O) groups is 2. The van der Waals surface area contributed by atoms with Crippen LogP contribution in [0.25, 0.3) is 10.8 Å². The fourth-order valence-electron chi connectivity index (χ4n) is 2.63. The molecule has 1 aromatic heterocycles. The van der Waals surface area contributed by atoms with E-state index in [1.165, 1.54) is 7.05 Å². The van der Waals surface area contributed by atoms with E-state index in [2.05, 4.69) is 10.4 Å². The molecule has 132 valence electrons. The van der Waals surface area contributed by atoms with Crippen molar-refractivity contribution in [3.8, 4) is 0 Å². The van der Waals surface area contributed by atoms with Crippen molar-refractivity contribution in [2.24, 2.45) is 7.05 Å². The van der Waals surface area contributed by atoms with E-state index in [9.17, 15) is 14.4 Å². The third-order valence-corrected chi connectivity index (χ3v) is 3.84. The number of amides is 1. The third-order valence-electron chi connectivity index (χ3n) is 3.84. The maximum atomic E-state index is 12.8. The standard InChI is InChI=1S/C19H17N3O4/c1-3-26-19(25)14-10-6-7-11-15(14)20-17(23)16-12-8-4-5-9-13(12)18(24)22(2)21-16/h4-11H,3H2,1-2H3,(H,20,23). The molecule has 0 atom stereocenters. The average molecular weight is 351 g/mol. The van der Waals surface area contributed by atoms with Gasteiger partial charge in [0.25, 0.3) is 11.5 Å². The van der Waals surface area contributed by atoms with E-state index in [0.717, 1.165) is 4.68 Å². The molecule has 2 aromatic carbocycles. The highest BCUT2D eigenvalue weighted by molar-refractivity contribution is 6.12. The minimum atomic E-state index is -0.526. The predicted octanol–water partition coefficient (Wildman–Crippen LogP) is 2.36. The summed E-state index contributed by atoms with van der Waals surface area (Å²) in [6.45, 7) is 1.94. The first-order chi connectivity index (χ1) is 12.5. The summed E-state index contributed by atoms with van der Waals surface area (Å²) >= 11 is 0. The SMILES string of the molecule is CCOC(=O)c1ccccc1NC(=O)c1nn(C)c(=O)c2ccccc12. The summed E-state index contributed by atoms with van der Waals surface area (Å²) in [5.41, 5.74) is 0.373. The fraction of sp³-hybridized carbons (Fsp3) is 0.158. The Hall–Kier alpha value is -3.48. The number of esters is 1. The molecule has 0 aliphatic heterocycles. The number of ether oxygens (including phenoxy) is 1. The summed E-state index contributed by atoms with van der Waals surface area (Å²) in [6, 6.07) is 13.3. The Bertz CT molecular complexity index is 1060. The van der Waals surface area contributed by atoms with Gasteiger partial charge in [0.1, 0.15) is 0 Å². The molecule has 0 unspecified atom stereocenters. The van der Waals surface area contributed by atoms with E-state index in [4.69, 9.17) is 4.74 Å². The number of aryl methyl sites for hydroxylation is 1. The number of hydrogen-bond acceptors (Lipinski definition) is 5. The number of nitrogens with zero attached hydrogens (tertiary/aromatic N) is 2. The number of anilines is 1. The van der Waals surface area contributed by atoms with Gasteiger partial charge in [-0.15, -0.1) is 0 Å². The molecule has 0 saturated heterocycles. The van der Waals surface area contributed by atoms with Crippen molar-refractivity contribution >= 4 is 28.3 Å². The second-order valence-electron chi connectivity index (χ2n) is 5.54. The molecule has 7 heteroatoms. The summed E-state index contributed by atoms with van der Waals surface area (Å²) in [6.07, 6.45) is 0.